The summed E-state index contributed by atoms with van der Waals surface area (Å²) in [5.41, 5.74) is 0.467. The lowest BCUT2D eigenvalue weighted by atomic mass is 10.1. The van der Waals surface area contributed by atoms with Crippen LogP contribution >= 0.6 is 0 Å². The molecular formula is C15H30ClNO2. The summed E-state index contributed by atoms with van der Waals surface area (Å²) in [4.78, 5) is 11.3. The highest BCUT2D eigenvalue weighted by Gasteiger charge is 2.17. The molecule has 4 heteroatoms. The van der Waals surface area contributed by atoms with Crippen LogP contribution in [0.3, 0.4) is 0 Å². The maximum Gasteiger partial charge on any atom is 0.337 e. The van der Waals surface area contributed by atoms with Crippen LogP contribution < -0.4 is 12.4 Å². The minimum atomic E-state index is -0.288. The highest BCUT2D eigenvalue weighted by Crippen LogP contribution is 2.08. The van der Waals surface area contributed by atoms with Gasteiger partial charge in [-0.15, -0.1) is 0 Å². The monoisotopic (exact) mass is 291 g/mol. The van der Waals surface area contributed by atoms with Crippen molar-refractivity contribution in [1.29, 1.82) is 0 Å². The summed E-state index contributed by atoms with van der Waals surface area (Å²) in [7, 11) is 4.19. The van der Waals surface area contributed by atoms with Crippen molar-refractivity contribution in [2.75, 3.05) is 27.4 Å². The molecule has 0 aliphatic carbocycles. The number of hydrogen-bond acceptors (Lipinski definition) is 2. The van der Waals surface area contributed by atoms with Gasteiger partial charge in [0, 0.05) is 5.57 Å². The summed E-state index contributed by atoms with van der Waals surface area (Å²) in [5, 5.41) is 0. The Kier molecular flexibility index (Phi) is 12.4. The zero-order chi connectivity index (χ0) is 14.0. The van der Waals surface area contributed by atoms with Crippen molar-refractivity contribution in [3.63, 3.8) is 0 Å². The first-order chi connectivity index (χ1) is 8.39. The van der Waals surface area contributed by atoms with Crippen molar-refractivity contribution >= 4 is 5.97 Å². The van der Waals surface area contributed by atoms with E-state index in [9.17, 15) is 4.79 Å². The number of carbonyl (C=O) groups is 1. The lowest BCUT2D eigenvalue weighted by Crippen LogP contribution is -3.00. The van der Waals surface area contributed by atoms with Gasteiger partial charge in [-0.05, 0) is 19.8 Å². The first kappa shape index (κ1) is 20.8. The summed E-state index contributed by atoms with van der Waals surface area (Å²) in [5.74, 6) is -0.288. The first-order valence-electron chi connectivity index (χ1n) is 7.03. The van der Waals surface area contributed by atoms with Crippen LogP contribution in [-0.4, -0.2) is 37.8 Å². The van der Waals surface area contributed by atoms with Crippen LogP contribution in [0.4, 0.5) is 0 Å². The summed E-state index contributed by atoms with van der Waals surface area (Å²) in [6, 6.07) is 0. The summed E-state index contributed by atoms with van der Waals surface area (Å²) in [6.45, 7) is 8.97. The van der Waals surface area contributed by atoms with Crippen molar-refractivity contribution in [1.82, 2.24) is 0 Å². The Balaban J connectivity index is 0. The van der Waals surface area contributed by atoms with Crippen molar-refractivity contribution in [2.45, 2.75) is 52.4 Å². The highest BCUT2D eigenvalue weighted by molar-refractivity contribution is 5.86. The van der Waals surface area contributed by atoms with E-state index in [0.29, 0.717) is 12.3 Å². The third kappa shape index (κ3) is 12.2. The zero-order valence-electron chi connectivity index (χ0n) is 13.0. The summed E-state index contributed by atoms with van der Waals surface area (Å²) < 4.78 is 5.93. The lowest BCUT2D eigenvalue weighted by molar-refractivity contribution is -0.907. The number of halogens is 1. The van der Waals surface area contributed by atoms with Crippen LogP contribution in [0.2, 0.25) is 0 Å². The van der Waals surface area contributed by atoms with E-state index < -0.39 is 0 Å². The molecule has 0 saturated heterocycles. The Morgan fingerprint density at radius 2 is 1.63 bits per heavy atom. The zero-order valence-corrected chi connectivity index (χ0v) is 13.8. The Morgan fingerprint density at radius 3 is 2.16 bits per heavy atom. The van der Waals surface area contributed by atoms with Gasteiger partial charge < -0.3 is 17.1 Å². The van der Waals surface area contributed by atoms with E-state index >= 15 is 0 Å². The number of esters is 1. The molecule has 0 N–H and O–H groups in total. The second-order valence-electron chi connectivity index (χ2n) is 5.77. The molecule has 0 unspecified atom stereocenters. The quantitative estimate of drug-likeness (QED) is 0.193. The molecule has 0 spiro atoms. The van der Waals surface area contributed by atoms with E-state index in [1.807, 2.05) is 0 Å². The molecule has 0 saturated carbocycles. The molecule has 0 rings (SSSR count). The van der Waals surface area contributed by atoms with E-state index in [1.54, 1.807) is 6.92 Å². The molecule has 0 fully saturated rings. The average Bonchev–Trinajstić information content (AvgIpc) is 2.30. The van der Waals surface area contributed by atoms with Gasteiger partial charge in [0.05, 0.1) is 20.6 Å². The van der Waals surface area contributed by atoms with E-state index in [2.05, 4.69) is 27.6 Å². The van der Waals surface area contributed by atoms with Crippen LogP contribution in [0.15, 0.2) is 12.2 Å². The highest BCUT2D eigenvalue weighted by atomic mass is 35.5. The largest absolute Gasteiger partial charge is 1.00 e. The van der Waals surface area contributed by atoms with Crippen LogP contribution in [0.1, 0.15) is 52.4 Å². The van der Waals surface area contributed by atoms with Gasteiger partial charge in [0.25, 0.3) is 0 Å². The Morgan fingerprint density at radius 1 is 1.11 bits per heavy atom. The number of rotatable bonds is 10. The average molecular weight is 292 g/mol. The SMILES string of the molecule is C=C(C)C(=O)OC[N+](C)(C)CCCCCCCC.[Cl-]. The molecule has 0 amide bonds. The Bertz CT molecular complexity index is 265. The first-order valence-corrected chi connectivity index (χ1v) is 7.03. The van der Waals surface area contributed by atoms with E-state index in [0.717, 1.165) is 11.0 Å². The topological polar surface area (TPSA) is 26.3 Å². The van der Waals surface area contributed by atoms with Crippen molar-refractivity contribution in [2.24, 2.45) is 0 Å². The molecule has 0 bridgehead atoms. The maximum atomic E-state index is 11.3. The third-order valence-corrected chi connectivity index (χ3v) is 3.01. The normalized spacial score (nSPS) is 10.7. The number of unbranched alkanes of at least 4 members (excludes halogenated alkanes) is 5. The fourth-order valence-electron chi connectivity index (χ4n) is 1.74. The van der Waals surface area contributed by atoms with Crippen molar-refractivity contribution in [3.8, 4) is 0 Å². The van der Waals surface area contributed by atoms with Crippen LogP contribution in [0.5, 0.6) is 0 Å². The smallest absolute Gasteiger partial charge is 0.337 e. The summed E-state index contributed by atoms with van der Waals surface area (Å²) in [6.07, 6.45) is 7.76. The van der Waals surface area contributed by atoms with Gasteiger partial charge >= 0.3 is 5.97 Å². The molecule has 0 aromatic rings. The molecular weight excluding hydrogens is 262 g/mol. The third-order valence-electron chi connectivity index (χ3n) is 3.01. The van der Waals surface area contributed by atoms with Crippen LogP contribution in [0, 0.1) is 0 Å². The van der Waals surface area contributed by atoms with Gasteiger partial charge in [0.1, 0.15) is 0 Å². The Labute approximate surface area is 125 Å². The maximum absolute atomic E-state index is 11.3. The fourth-order valence-corrected chi connectivity index (χ4v) is 1.74. The van der Waals surface area contributed by atoms with E-state index in [-0.39, 0.29) is 18.4 Å². The minimum absolute atomic E-state index is 0. The number of ether oxygens (including phenoxy) is 1. The van der Waals surface area contributed by atoms with Crippen LogP contribution in [0.25, 0.3) is 0 Å². The molecule has 19 heavy (non-hydrogen) atoms. The van der Waals surface area contributed by atoms with Crippen molar-refractivity contribution < 1.29 is 26.4 Å². The fraction of sp³-hybridized carbons (Fsp3) is 0.800. The molecule has 3 nitrogen and oxygen atoms in total. The number of hydrogen-bond donors (Lipinski definition) is 0. The number of nitrogens with zero attached hydrogens (tertiary/aromatic N) is 1. The lowest BCUT2D eigenvalue weighted by Gasteiger charge is -2.28. The standard InChI is InChI=1S/C15H30NO2.ClH/c1-6-7-8-9-10-11-12-16(4,5)13-18-15(17)14(2)3;/h2,6-13H2,1,3-5H3;1H/q+1;/p-1. The molecule has 0 atom stereocenters. The van der Waals surface area contributed by atoms with Gasteiger partial charge in [-0.25, -0.2) is 4.79 Å². The molecule has 0 aliphatic rings. The molecule has 0 aromatic heterocycles. The molecule has 0 heterocycles. The second-order valence-corrected chi connectivity index (χ2v) is 5.77. The van der Waals surface area contributed by atoms with Crippen LogP contribution in [-0.2, 0) is 9.53 Å². The van der Waals surface area contributed by atoms with Gasteiger partial charge in [-0.1, -0.05) is 39.2 Å². The number of quaternary nitrogens is 1. The predicted octanol–water partition coefficient (Wildman–Crippen LogP) is 0.504. The minimum Gasteiger partial charge on any atom is -1.00 e. The van der Waals surface area contributed by atoms with Crippen molar-refractivity contribution in [3.05, 3.63) is 12.2 Å². The Hall–Kier alpha value is -0.540. The number of carbonyl (C=O) groups excluding carboxylic acids is 1. The second kappa shape index (κ2) is 11.3. The molecule has 0 aliphatic heterocycles. The summed E-state index contributed by atoms with van der Waals surface area (Å²) >= 11 is 0. The van der Waals surface area contributed by atoms with Gasteiger partial charge in [0.2, 0.25) is 6.73 Å². The van der Waals surface area contributed by atoms with Gasteiger partial charge in [-0.2, -0.15) is 0 Å². The predicted molar refractivity (Wildman–Crippen MR) is 76.1 cm³/mol. The van der Waals surface area contributed by atoms with E-state index in [4.69, 9.17) is 4.74 Å². The molecule has 114 valence electrons. The van der Waals surface area contributed by atoms with Gasteiger partial charge in [0.15, 0.2) is 0 Å². The molecule has 0 aromatic carbocycles. The van der Waals surface area contributed by atoms with Gasteiger partial charge in [-0.3, -0.25) is 4.48 Å². The molecule has 0 radical (unpaired) electrons. The van der Waals surface area contributed by atoms with E-state index in [1.165, 1.54) is 38.5 Å².